The minimum Gasteiger partial charge on any atom is -0.497 e. The Morgan fingerprint density at radius 1 is 0.973 bits per heavy atom. The summed E-state index contributed by atoms with van der Waals surface area (Å²) in [5.41, 5.74) is 4.37. The molecule has 1 fully saturated rings. The van der Waals surface area contributed by atoms with E-state index in [0.29, 0.717) is 32.2 Å². The van der Waals surface area contributed by atoms with Gasteiger partial charge in [-0.05, 0) is 85.1 Å². The number of nitrogens with one attached hydrogen (secondary N) is 1. The number of rotatable bonds is 8. The molecule has 7 nitrogen and oxygen atoms in total. The number of aryl methyl sites for hydroxylation is 2. The molecule has 0 aliphatic carbocycles. The molecule has 3 aromatic carbocycles. The lowest BCUT2D eigenvalue weighted by molar-refractivity contribution is -0.118. The summed E-state index contributed by atoms with van der Waals surface area (Å²) in [6.07, 6.45) is 1.77. The summed E-state index contributed by atoms with van der Waals surface area (Å²) in [6, 6.07) is 18.1. The minimum absolute atomic E-state index is 0.173. The number of hydrogen-bond acceptors (Lipinski definition) is 7. The Bertz CT molecular complexity index is 1390. The maximum atomic E-state index is 13.1. The molecule has 0 bridgehead atoms. The number of benzene rings is 3. The predicted octanol–water partition coefficient (Wildman–Crippen LogP) is 5.74. The molecular weight excluding hydrogens is 508 g/mol. The van der Waals surface area contributed by atoms with E-state index in [2.05, 4.69) is 5.32 Å². The van der Waals surface area contributed by atoms with Gasteiger partial charge in [0, 0.05) is 5.69 Å². The van der Waals surface area contributed by atoms with Gasteiger partial charge >= 0.3 is 0 Å². The molecule has 2 amide bonds. The lowest BCUT2D eigenvalue weighted by Gasteiger charge is -2.16. The first-order chi connectivity index (χ1) is 17.8. The summed E-state index contributed by atoms with van der Waals surface area (Å²) < 4.78 is 16.7. The number of methoxy groups -OCH3 is 2. The van der Waals surface area contributed by atoms with E-state index in [9.17, 15) is 9.59 Å². The van der Waals surface area contributed by atoms with Crippen LogP contribution < -0.4 is 24.4 Å². The maximum absolute atomic E-state index is 13.1. The highest BCUT2D eigenvalue weighted by Gasteiger charge is 2.33. The van der Waals surface area contributed by atoms with E-state index in [4.69, 9.17) is 26.4 Å². The highest BCUT2D eigenvalue weighted by atomic mass is 32.2. The van der Waals surface area contributed by atoms with Crippen LogP contribution in [0.25, 0.3) is 6.08 Å². The highest BCUT2D eigenvalue weighted by Crippen LogP contribution is 2.37. The molecule has 0 atom stereocenters. The van der Waals surface area contributed by atoms with Crippen LogP contribution in [0.4, 0.5) is 11.4 Å². The Morgan fingerprint density at radius 3 is 2.41 bits per heavy atom. The van der Waals surface area contributed by atoms with Crippen molar-refractivity contribution in [3.05, 3.63) is 82.3 Å². The molecular formula is C28H26N2O5S2. The Balaban J connectivity index is 1.44. The number of thioether (sulfide) groups is 1. The smallest absolute Gasteiger partial charge is 0.270 e. The first-order valence-electron chi connectivity index (χ1n) is 11.4. The van der Waals surface area contributed by atoms with E-state index < -0.39 is 0 Å². The molecule has 0 aromatic heterocycles. The fraction of sp³-hybridized carbons (Fsp3) is 0.179. The van der Waals surface area contributed by atoms with Gasteiger partial charge in [-0.2, -0.15) is 0 Å². The highest BCUT2D eigenvalue weighted by molar-refractivity contribution is 8.27. The van der Waals surface area contributed by atoms with Crippen molar-refractivity contribution in [2.75, 3.05) is 31.0 Å². The molecule has 1 saturated heterocycles. The monoisotopic (exact) mass is 534 g/mol. The van der Waals surface area contributed by atoms with Crippen LogP contribution in [0, 0.1) is 13.8 Å². The summed E-state index contributed by atoms with van der Waals surface area (Å²) in [5.74, 6) is 1.06. The van der Waals surface area contributed by atoms with Crippen LogP contribution in [-0.2, 0) is 9.59 Å². The average Bonchev–Trinajstić information content (AvgIpc) is 3.17. The van der Waals surface area contributed by atoms with Gasteiger partial charge < -0.3 is 19.5 Å². The number of anilines is 2. The second-order valence-corrected chi connectivity index (χ2v) is 9.94. The molecule has 0 spiro atoms. The molecule has 3 aromatic rings. The fourth-order valence-corrected chi connectivity index (χ4v) is 4.91. The third-order valence-electron chi connectivity index (χ3n) is 5.76. The third kappa shape index (κ3) is 6.12. The Kier molecular flexibility index (Phi) is 8.15. The van der Waals surface area contributed by atoms with Gasteiger partial charge in [0.15, 0.2) is 22.4 Å². The van der Waals surface area contributed by atoms with Crippen LogP contribution in [-0.4, -0.2) is 37.0 Å². The molecule has 0 radical (unpaired) electrons. The number of amides is 2. The van der Waals surface area contributed by atoms with Crippen LogP contribution >= 0.6 is 24.0 Å². The molecule has 0 unspecified atom stereocenters. The SMILES string of the molecule is COc1ccc(NC(=O)COc2ccc(/C=C3\SC(=S)N(c4ccc(C)c(C)c4)C3=O)cc2OC)cc1. The first kappa shape index (κ1) is 26.2. The summed E-state index contributed by atoms with van der Waals surface area (Å²) in [5, 5.41) is 2.77. The number of thiocarbonyl (C=S) groups is 1. The van der Waals surface area contributed by atoms with E-state index in [0.717, 1.165) is 22.4 Å². The van der Waals surface area contributed by atoms with Gasteiger partial charge in [0.2, 0.25) is 0 Å². The maximum Gasteiger partial charge on any atom is 0.270 e. The van der Waals surface area contributed by atoms with E-state index in [1.54, 1.807) is 60.6 Å². The minimum atomic E-state index is -0.314. The van der Waals surface area contributed by atoms with E-state index >= 15 is 0 Å². The van der Waals surface area contributed by atoms with Gasteiger partial charge in [-0.3, -0.25) is 14.5 Å². The zero-order valence-electron chi connectivity index (χ0n) is 20.9. The second-order valence-electron chi connectivity index (χ2n) is 8.26. The molecule has 1 heterocycles. The van der Waals surface area contributed by atoms with E-state index in [-0.39, 0.29) is 18.4 Å². The van der Waals surface area contributed by atoms with Gasteiger partial charge in [-0.25, -0.2) is 0 Å². The molecule has 4 rings (SSSR count). The Labute approximate surface area is 225 Å². The zero-order valence-corrected chi connectivity index (χ0v) is 22.5. The lowest BCUT2D eigenvalue weighted by atomic mass is 10.1. The number of hydrogen-bond donors (Lipinski definition) is 1. The molecule has 9 heteroatoms. The number of ether oxygens (including phenoxy) is 3. The average molecular weight is 535 g/mol. The normalized spacial score (nSPS) is 14.2. The molecule has 1 N–H and O–H groups in total. The van der Waals surface area contributed by atoms with Gasteiger partial charge in [-0.15, -0.1) is 0 Å². The van der Waals surface area contributed by atoms with E-state index in [1.165, 1.54) is 18.9 Å². The fourth-order valence-electron chi connectivity index (χ4n) is 3.61. The van der Waals surface area contributed by atoms with Crippen molar-refractivity contribution in [1.82, 2.24) is 0 Å². The quantitative estimate of drug-likeness (QED) is 0.292. The van der Waals surface area contributed by atoms with Gasteiger partial charge in [0.05, 0.1) is 24.8 Å². The van der Waals surface area contributed by atoms with Crippen molar-refractivity contribution in [2.45, 2.75) is 13.8 Å². The lowest BCUT2D eigenvalue weighted by Crippen LogP contribution is -2.27. The zero-order chi connectivity index (χ0) is 26.5. The van der Waals surface area contributed by atoms with Crippen LogP contribution in [0.1, 0.15) is 16.7 Å². The summed E-state index contributed by atoms with van der Waals surface area (Å²) >= 11 is 6.75. The molecule has 0 saturated carbocycles. The Hall–Kier alpha value is -3.82. The molecule has 37 heavy (non-hydrogen) atoms. The molecule has 1 aliphatic rings. The van der Waals surface area contributed by atoms with Gasteiger partial charge in [0.25, 0.3) is 11.8 Å². The van der Waals surface area contributed by atoms with E-state index in [1.807, 2.05) is 32.0 Å². The first-order valence-corrected chi connectivity index (χ1v) is 12.6. The van der Waals surface area contributed by atoms with Gasteiger partial charge in [-0.1, -0.05) is 36.1 Å². The summed E-state index contributed by atoms with van der Waals surface area (Å²) in [4.78, 5) is 27.5. The number of carbonyl (C=O) groups excluding carboxylic acids is 2. The Morgan fingerprint density at radius 2 is 1.73 bits per heavy atom. The number of nitrogens with zero attached hydrogens (tertiary/aromatic N) is 1. The van der Waals surface area contributed by atoms with Crippen LogP contribution in [0.2, 0.25) is 0 Å². The van der Waals surface area contributed by atoms with Gasteiger partial charge in [0.1, 0.15) is 5.75 Å². The van der Waals surface area contributed by atoms with Crippen LogP contribution in [0.5, 0.6) is 17.2 Å². The topological polar surface area (TPSA) is 77.1 Å². The predicted molar refractivity (Wildman–Crippen MR) is 152 cm³/mol. The molecule has 1 aliphatic heterocycles. The van der Waals surface area contributed by atoms with Crippen molar-refractivity contribution in [3.8, 4) is 17.2 Å². The summed E-state index contributed by atoms with van der Waals surface area (Å²) in [6.45, 7) is 3.83. The standard InChI is InChI=1S/C28H26N2O5S2/c1-17-5-9-21(13-18(17)2)30-27(32)25(37-28(30)36)15-19-6-12-23(24(14-19)34-4)35-16-26(31)29-20-7-10-22(33-3)11-8-20/h5-15H,16H2,1-4H3,(H,29,31)/b25-15-. The summed E-state index contributed by atoms with van der Waals surface area (Å²) in [7, 11) is 3.10. The third-order valence-corrected chi connectivity index (χ3v) is 7.06. The number of carbonyl (C=O) groups is 2. The van der Waals surface area contributed by atoms with Crippen molar-refractivity contribution in [2.24, 2.45) is 0 Å². The van der Waals surface area contributed by atoms with Crippen LogP contribution in [0.3, 0.4) is 0 Å². The second kappa shape index (κ2) is 11.5. The van der Waals surface area contributed by atoms with Crippen molar-refractivity contribution < 1.29 is 23.8 Å². The van der Waals surface area contributed by atoms with Crippen LogP contribution in [0.15, 0.2) is 65.6 Å². The largest absolute Gasteiger partial charge is 0.497 e. The molecule has 190 valence electrons. The van der Waals surface area contributed by atoms with Crippen molar-refractivity contribution >= 4 is 57.6 Å². The van der Waals surface area contributed by atoms with Crippen molar-refractivity contribution in [3.63, 3.8) is 0 Å². The van der Waals surface area contributed by atoms with Crippen molar-refractivity contribution in [1.29, 1.82) is 0 Å².